The molecule has 1 amide bonds. The van der Waals surface area contributed by atoms with Crippen molar-refractivity contribution in [1.29, 1.82) is 0 Å². The molecule has 0 saturated carbocycles. The van der Waals surface area contributed by atoms with E-state index in [0.29, 0.717) is 10.7 Å². The van der Waals surface area contributed by atoms with Crippen molar-refractivity contribution < 1.29 is 18.0 Å². The first-order chi connectivity index (χ1) is 12.8. The number of nitrogens with one attached hydrogen (secondary N) is 2. The van der Waals surface area contributed by atoms with Gasteiger partial charge in [-0.05, 0) is 42.8 Å². The standard InChI is InChI=1S/C19H13ClF3N3O/c1-10-2-3-12(7-14(10)20)26-19(27)11-6-13(9-24-8-11)25-16-5-4-15(21)17(22)18(16)23/h2-9,25H,1H3,(H,26,27). The predicted molar refractivity (Wildman–Crippen MR) is 98.0 cm³/mol. The van der Waals surface area contributed by atoms with Gasteiger partial charge >= 0.3 is 0 Å². The molecule has 0 aliphatic rings. The lowest BCUT2D eigenvalue weighted by atomic mass is 10.2. The Morgan fingerprint density at radius 2 is 1.78 bits per heavy atom. The lowest BCUT2D eigenvalue weighted by Gasteiger charge is -2.10. The normalized spacial score (nSPS) is 10.6. The fraction of sp³-hybridized carbons (Fsp3) is 0.0526. The number of aromatic nitrogens is 1. The molecular formula is C19H13ClF3N3O. The summed E-state index contributed by atoms with van der Waals surface area (Å²) < 4.78 is 40.1. The number of aryl methyl sites for hydroxylation is 1. The highest BCUT2D eigenvalue weighted by Crippen LogP contribution is 2.24. The van der Waals surface area contributed by atoms with Crippen LogP contribution in [0.3, 0.4) is 0 Å². The first-order valence-electron chi connectivity index (χ1n) is 7.78. The minimum absolute atomic E-state index is 0.180. The third kappa shape index (κ3) is 4.20. The van der Waals surface area contributed by atoms with Crippen molar-refractivity contribution in [2.45, 2.75) is 6.92 Å². The van der Waals surface area contributed by atoms with Crippen LogP contribution >= 0.6 is 11.6 Å². The zero-order valence-electron chi connectivity index (χ0n) is 14.0. The van der Waals surface area contributed by atoms with E-state index in [1.165, 1.54) is 18.5 Å². The second-order valence-corrected chi connectivity index (χ2v) is 6.14. The van der Waals surface area contributed by atoms with E-state index >= 15 is 0 Å². The van der Waals surface area contributed by atoms with E-state index in [2.05, 4.69) is 15.6 Å². The van der Waals surface area contributed by atoms with Gasteiger partial charge in [-0.25, -0.2) is 13.2 Å². The minimum atomic E-state index is -1.59. The second-order valence-electron chi connectivity index (χ2n) is 5.73. The number of pyridine rings is 1. The Labute approximate surface area is 158 Å². The van der Waals surface area contributed by atoms with Gasteiger partial charge < -0.3 is 10.6 Å². The average molecular weight is 392 g/mol. The lowest BCUT2D eigenvalue weighted by Crippen LogP contribution is -2.12. The summed E-state index contributed by atoms with van der Waals surface area (Å²) in [6.07, 6.45) is 2.64. The highest BCUT2D eigenvalue weighted by Gasteiger charge is 2.14. The molecule has 0 atom stereocenters. The zero-order valence-corrected chi connectivity index (χ0v) is 14.7. The van der Waals surface area contributed by atoms with Crippen LogP contribution in [0.5, 0.6) is 0 Å². The molecule has 4 nitrogen and oxygen atoms in total. The van der Waals surface area contributed by atoms with Crippen LogP contribution in [0.4, 0.5) is 30.2 Å². The largest absolute Gasteiger partial charge is 0.352 e. The summed E-state index contributed by atoms with van der Waals surface area (Å²) in [5.74, 6) is -4.70. The first kappa shape index (κ1) is 18.7. The van der Waals surface area contributed by atoms with E-state index in [4.69, 9.17) is 11.6 Å². The molecule has 0 radical (unpaired) electrons. The Balaban J connectivity index is 1.80. The van der Waals surface area contributed by atoms with E-state index in [0.717, 1.165) is 17.7 Å². The van der Waals surface area contributed by atoms with Gasteiger partial charge in [0.15, 0.2) is 17.5 Å². The Bertz CT molecular complexity index is 1030. The number of amides is 1. The topological polar surface area (TPSA) is 54.0 Å². The fourth-order valence-electron chi connectivity index (χ4n) is 2.28. The van der Waals surface area contributed by atoms with E-state index in [1.54, 1.807) is 18.2 Å². The average Bonchev–Trinajstić information content (AvgIpc) is 2.65. The summed E-state index contributed by atoms with van der Waals surface area (Å²) in [6, 6.07) is 8.33. The smallest absolute Gasteiger partial charge is 0.257 e. The summed E-state index contributed by atoms with van der Waals surface area (Å²) in [6.45, 7) is 1.84. The van der Waals surface area contributed by atoms with Crippen molar-refractivity contribution >= 4 is 34.6 Å². The number of hydrogen-bond acceptors (Lipinski definition) is 3. The van der Waals surface area contributed by atoms with E-state index in [1.807, 2.05) is 6.92 Å². The van der Waals surface area contributed by atoms with Crippen LogP contribution in [0.25, 0.3) is 0 Å². The number of hydrogen-bond donors (Lipinski definition) is 2. The molecule has 27 heavy (non-hydrogen) atoms. The summed E-state index contributed by atoms with van der Waals surface area (Å²) in [4.78, 5) is 16.3. The van der Waals surface area contributed by atoms with Crippen molar-refractivity contribution in [2.24, 2.45) is 0 Å². The highest BCUT2D eigenvalue weighted by molar-refractivity contribution is 6.31. The molecule has 0 bridgehead atoms. The van der Waals surface area contributed by atoms with Crippen molar-refractivity contribution in [3.63, 3.8) is 0 Å². The Morgan fingerprint density at radius 1 is 1.00 bits per heavy atom. The molecule has 0 fully saturated rings. The number of carbonyl (C=O) groups excluding carboxylic acids is 1. The summed E-state index contributed by atoms with van der Waals surface area (Å²) in [5.41, 5.74) is 1.50. The van der Waals surface area contributed by atoms with Crippen LogP contribution in [-0.2, 0) is 0 Å². The maximum Gasteiger partial charge on any atom is 0.257 e. The Hall–Kier alpha value is -3.06. The highest BCUT2D eigenvalue weighted by atomic mass is 35.5. The second kappa shape index (κ2) is 7.67. The number of benzene rings is 2. The molecule has 0 spiro atoms. The maximum atomic E-state index is 13.8. The first-order valence-corrected chi connectivity index (χ1v) is 8.16. The van der Waals surface area contributed by atoms with Gasteiger partial charge in [-0.1, -0.05) is 17.7 Å². The van der Waals surface area contributed by atoms with Gasteiger partial charge in [-0.15, -0.1) is 0 Å². The van der Waals surface area contributed by atoms with Crippen LogP contribution < -0.4 is 10.6 Å². The van der Waals surface area contributed by atoms with Crippen molar-refractivity contribution in [1.82, 2.24) is 4.98 Å². The van der Waals surface area contributed by atoms with Gasteiger partial charge in [-0.3, -0.25) is 9.78 Å². The molecule has 138 valence electrons. The number of rotatable bonds is 4. The lowest BCUT2D eigenvalue weighted by molar-refractivity contribution is 0.102. The quantitative estimate of drug-likeness (QED) is 0.581. The van der Waals surface area contributed by atoms with E-state index in [-0.39, 0.29) is 16.9 Å². The van der Waals surface area contributed by atoms with Crippen molar-refractivity contribution in [3.05, 3.63) is 82.4 Å². The fourth-order valence-corrected chi connectivity index (χ4v) is 2.46. The molecule has 0 aliphatic carbocycles. The van der Waals surface area contributed by atoms with Crippen LogP contribution in [-0.4, -0.2) is 10.9 Å². The molecule has 0 saturated heterocycles. The number of halogens is 4. The molecule has 2 aromatic carbocycles. The molecule has 8 heteroatoms. The van der Waals surface area contributed by atoms with Gasteiger partial charge in [0.2, 0.25) is 0 Å². The van der Waals surface area contributed by atoms with Gasteiger partial charge in [0, 0.05) is 16.9 Å². The van der Waals surface area contributed by atoms with Crippen LogP contribution in [0.2, 0.25) is 5.02 Å². The van der Waals surface area contributed by atoms with Crippen molar-refractivity contribution in [2.75, 3.05) is 10.6 Å². The summed E-state index contributed by atoms with van der Waals surface area (Å²) in [5, 5.41) is 5.75. The van der Waals surface area contributed by atoms with Crippen LogP contribution in [0.1, 0.15) is 15.9 Å². The molecule has 3 rings (SSSR count). The predicted octanol–water partition coefficient (Wildman–Crippen LogP) is 5.46. The van der Waals surface area contributed by atoms with Crippen LogP contribution in [0.15, 0.2) is 48.8 Å². The number of nitrogens with zero attached hydrogens (tertiary/aromatic N) is 1. The maximum absolute atomic E-state index is 13.8. The molecule has 1 heterocycles. The van der Waals surface area contributed by atoms with Crippen LogP contribution in [0, 0.1) is 24.4 Å². The van der Waals surface area contributed by atoms with Gasteiger partial charge in [-0.2, -0.15) is 0 Å². The monoisotopic (exact) mass is 391 g/mol. The molecule has 1 aromatic heterocycles. The third-order valence-corrected chi connectivity index (χ3v) is 4.15. The third-order valence-electron chi connectivity index (χ3n) is 3.74. The number of carbonyl (C=O) groups is 1. The van der Waals surface area contributed by atoms with E-state index in [9.17, 15) is 18.0 Å². The zero-order chi connectivity index (χ0) is 19.6. The van der Waals surface area contributed by atoms with Gasteiger partial charge in [0.1, 0.15) is 0 Å². The molecule has 0 aliphatic heterocycles. The van der Waals surface area contributed by atoms with Gasteiger partial charge in [0.05, 0.1) is 23.1 Å². The Morgan fingerprint density at radius 3 is 2.52 bits per heavy atom. The van der Waals surface area contributed by atoms with E-state index < -0.39 is 23.4 Å². The van der Waals surface area contributed by atoms with Gasteiger partial charge in [0.25, 0.3) is 5.91 Å². The SMILES string of the molecule is Cc1ccc(NC(=O)c2cncc(Nc3ccc(F)c(F)c3F)c2)cc1Cl. The summed E-state index contributed by atoms with van der Waals surface area (Å²) >= 11 is 6.03. The molecular weight excluding hydrogens is 379 g/mol. The molecule has 0 unspecified atom stereocenters. The molecule has 3 aromatic rings. The Kier molecular flexibility index (Phi) is 5.32. The van der Waals surface area contributed by atoms with Crippen molar-refractivity contribution in [3.8, 4) is 0 Å². The minimum Gasteiger partial charge on any atom is -0.352 e. The summed E-state index contributed by atoms with van der Waals surface area (Å²) in [7, 11) is 0. The number of anilines is 3. The molecule has 2 N–H and O–H groups in total.